The molecule has 1 unspecified atom stereocenters. The molecule has 0 aliphatic carbocycles. The van der Waals surface area contributed by atoms with Crippen LogP contribution in [0.2, 0.25) is 0 Å². The van der Waals surface area contributed by atoms with E-state index in [9.17, 15) is 20.0 Å². The van der Waals surface area contributed by atoms with Gasteiger partial charge in [-0.3, -0.25) is 14.9 Å². The number of methoxy groups -OCH3 is 1. The van der Waals surface area contributed by atoms with Crippen LogP contribution in [0.4, 0.5) is 5.69 Å². The van der Waals surface area contributed by atoms with Gasteiger partial charge in [-0.05, 0) is 42.5 Å². The van der Waals surface area contributed by atoms with Gasteiger partial charge < -0.3 is 9.84 Å². The fourth-order valence-electron chi connectivity index (χ4n) is 2.93. The molecule has 2 aromatic carbocycles. The maximum Gasteiger partial charge on any atom is 0.269 e. The average Bonchev–Trinajstić information content (AvgIpc) is 2.66. The number of nitro groups is 1. The number of ether oxygens (including phenoxy) is 1. The van der Waals surface area contributed by atoms with Crippen LogP contribution in [0, 0.1) is 10.1 Å². The second-order valence-electron chi connectivity index (χ2n) is 6.59. The highest BCUT2D eigenvalue weighted by Gasteiger charge is 2.09. The van der Waals surface area contributed by atoms with Gasteiger partial charge in [-0.1, -0.05) is 30.7 Å². The topological polar surface area (TPSA) is 89.7 Å². The van der Waals surface area contributed by atoms with Crippen molar-refractivity contribution in [3.05, 3.63) is 69.8 Å². The number of benzene rings is 2. The highest BCUT2D eigenvalue weighted by atomic mass is 16.6. The minimum Gasteiger partial charge on any atom is -0.497 e. The molecule has 6 heteroatoms. The molecule has 0 spiro atoms. The zero-order valence-corrected chi connectivity index (χ0v) is 15.5. The number of hydrogen-bond donors (Lipinski definition) is 1. The molecule has 1 atom stereocenters. The van der Waals surface area contributed by atoms with Gasteiger partial charge in [-0.25, -0.2) is 0 Å². The van der Waals surface area contributed by atoms with Gasteiger partial charge in [-0.15, -0.1) is 0 Å². The molecule has 1 N–H and O–H groups in total. The Kier molecular flexibility index (Phi) is 7.95. The summed E-state index contributed by atoms with van der Waals surface area (Å²) in [5.41, 5.74) is 1.83. The van der Waals surface area contributed by atoms with Crippen molar-refractivity contribution in [1.29, 1.82) is 0 Å². The van der Waals surface area contributed by atoms with Gasteiger partial charge in [0.2, 0.25) is 0 Å². The van der Waals surface area contributed by atoms with E-state index in [0.717, 1.165) is 29.7 Å². The molecule has 0 saturated carbocycles. The lowest BCUT2D eigenvalue weighted by molar-refractivity contribution is -0.384. The van der Waals surface area contributed by atoms with Crippen molar-refractivity contribution in [2.45, 2.75) is 44.6 Å². The fraction of sp³-hybridized carbons (Fsp3) is 0.381. The molecule has 0 bridgehead atoms. The summed E-state index contributed by atoms with van der Waals surface area (Å²) in [5, 5.41) is 20.8. The molecule has 27 heavy (non-hydrogen) atoms. The predicted octanol–water partition coefficient (Wildman–Crippen LogP) is 3.88. The summed E-state index contributed by atoms with van der Waals surface area (Å²) in [6.07, 6.45) is 2.99. The van der Waals surface area contributed by atoms with Crippen LogP contribution < -0.4 is 4.74 Å². The Morgan fingerprint density at radius 3 is 2.56 bits per heavy atom. The van der Waals surface area contributed by atoms with Gasteiger partial charge in [0.05, 0.1) is 18.1 Å². The first-order valence-corrected chi connectivity index (χ1v) is 9.04. The number of carbonyl (C=O) groups excluding carboxylic acids is 1. The third-order valence-electron chi connectivity index (χ3n) is 4.40. The standard InChI is InChI=1S/C21H25NO5/c1-27-21-8-4-5-17(15-21)14-20(24)7-3-2-6-19(23)13-16-9-11-18(12-10-16)22(25)26/h4-5,8-12,15,20,24H,2-3,6-7,13-14H2,1H3. The summed E-state index contributed by atoms with van der Waals surface area (Å²) in [7, 11) is 1.61. The SMILES string of the molecule is COc1cccc(CC(O)CCCCC(=O)Cc2ccc([N+](=O)[O-])cc2)c1. The lowest BCUT2D eigenvalue weighted by Crippen LogP contribution is -2.11. The molecule has 2 rings (SSSR count). The van der Waals surface area contributed by atoms with Crippen LogP contribution >= 0.6 is 0 Å². The van der Waals surface area contributed by atoms with Crippen molar-refractivity contribution in [2.75, 3.05) is 7.11 Å². The molecule has 0 aromatic heterocycles. The van der Waals surface area contributed by atoms with E-state index in [2.05, 4.69) is 0 Å². The number of unbranched alkanes of at least 4 members (excludes halogenated alkanes) is 1. The van der Waals surface area contributed by atoms with Gasteiger partial charge in [-0.2, -0.15) is 0 Å². The van der Waals surface area contributed by atoms with Crippen molar-refractivity contribution in [1.82, 2.24) is 0 Å². The Morgan fingerprint density at radius 2 is 1.89 bits per heavy atom. The zero-order chi connectivity index (χ0) is 19.6. The van der Waals surface area contributed by atoms with E-state index in [1.165, 1.54) is 12.1 Å². The summed E-state index contributed by atoms with van der Waals surface area (Å²) in [4.78, 5) is 22.2. The van der Waals surface area contributed by atoms with E-state index in [1.807, 2.05) is 24.3 Å². The Balaban J connectivity index is 1.66. The van der Waals surface area contributed by atoms with Gasteiger partial charge in [0.1, 0.15) is 11.5 Å². The summed E-state index contributed by atoms with van der Waals surface area (Å²) < 4.78 is 5.18. The van der Waals surface area contributed by atoms with Gasteiger partial charge >= 0.3 is 0 Å². The quantitative estimate of drug-likeness (QED) is 0.368. The minimum atomic E-state index is -0.456. The number of rotatable bonds is 11. The number of carbonyl (C=O) groups is 1. The largest absolute Gasteiger partial charge is 0.497 e. The lowest BCUT2D eigenvalue weighted by Gasteiger charge is -2.11. The molecule has 0 aliphatic heterocycles. The van der Waals surface area contributed by atoms with Crippen molar-refractivity contribution >= 4 is 11.5 Å². The first-order valence-electron chi connectivity index (χ1n) is 9.04. The van der Waals surface area contributed by atoms with Crippen LogP contribution in [0.5, 0.6) is 5.75 Å². The van der Waals surface area contributed by atoms with E-state index >= 15 is 0 Å². The number of nitro benzene ring substituents is 1. The Labute approximate surface area is 158 Å². The summed E-state index contributed by atoms with van der Waals surface area (Å²) in [6, 6.07) is 13.7. The van der Waals surface area contributed by atoms with Crippen LogP contribution in [-0.2, 0) is 17.6 Å². The Hall–Kier alpha value is -2.73. The van der Waals surface area contributed by atoms with E-state index in [0.29, 0.717) is 19.3 Å². The molecule has 6 nitrogen and oxygen atoms in total. The normalized spacial score (nSPS) is 11.8. The first-order chi connectivity index (χ1) is 13.0. The second kappa shape index (κ2) is 10.4. The van der Waals surface area contributed by atoms with E-state index < -0.39 is 11.0 Å². The minimum absolute atomic E-state index is 0.0243. The molecule has 0 fully saturated rings. The summed E-state index contributed by atoms with van der Waals surface area (Å²) >= 11 is 0. The monoisotopic (exact) mass is 371 g/mol. The molecule has 0 radical (unpaired) electrons. The molecular formula is C21H25NO5. The van der Waals surface area contributed by atoms with Crippen molar-refractivity contribution < 1.29 is 19.6 Å². The van der Waals surface area contributed by atoms with Gasteiger partial charge in [0, 0.05) is 25.0 Å². The van der Waals surface area contributed by atoms with Gasteiger partial charge in [0.15, 0.2) is 0 Å². The maximum atomic E-state index is 12.0. The number of ketones is 1. The number of aliphatic hydroxyl groups is 1. The molecular weight excluding hydrogens is 346 g/mol. The average molecular weight is 371 g/mol. The van der Waals surface area contributed by atoms with Crippen LogP contribution in [-0.4, -0.2) is 29.0 Å². The molecule has 144 valence electrons. The van der Waals surface area contributed by atoms with E-state index in [-0.39, 0.29) is 17.9 Å². The van der Waals surface area contributed by atoms with Crippen LogP contribution in [0.1, 0.15) is 36.8 Å². The lowest BCUT2D eigenvalue weighted by atomic mass is 10.0. The van der Waals surface area contributed by atoms with Crippen molar-refractivity contribution in [2.24, 2.45) is 0 Å². The van der Waals surface area contributed by atoms with Crippen molar-refractivity contribution in [3.8, 4) is 5.75 Å². The molecule has 2 aromatic rings. The predicted molar refractivity (Wildman–Crippen MR) is 103 cm³/mol. The highest BCUT2D eigenvalue weighted by Crippen LogP contribution is 2.17. The third-order valence-corrected chi connectivity index (χ3v) is 4.40. The summed E-state index contributed by atoms with van der Waals surface area (Å²) in [6.45, 7) is 0. The number of non-ortho nitro benzene ring substituents is 1. The zero-order valence-electron chi connectivity index (χ0n) is 15.5. The summed E-state index contributed by atoms with van der Waals surface area (Å²) in [5.74, 6) is 0.877. The smallest absolute Gasteiger partial charge is 0.269 e. The number of nitrogens with zero attached hydrogens (tertiary/aromatic N) is 1. The third kappa shape index (κ3) is 7.19. The molecule has 0 heterocycles. The first kappa shape index (κ1) is 20.6. The molecule has 0 aliphatic rings. The fourth-order valence-corrected chi connectivity index (χ4v) is 2.93. The molecule has 0 amide bonds. The van der Waals surface area contributed by atoms with Crippen molar-refractivity contribution in [3.63, 3.8) is 0 Å². The van der Waals surface area contributed by atoms with E-state index in [1.54, 1.807) is 19.2 Å². The maximum absolute atomic E-state index is 12.0. The Morgan fingerprint density at radius 1 is 1.15 bits per heavy atom. The van der Waals surface area contributed by atoms with Crippen LogP contribution in [0.3, 0.4) is 0 Å². The van der Waals surface area contributed by atoms with Crippen LogP contribution in [0.15, 0.2) is 48.5 Å². The van der Waals surface area contributed by atoms with E-state index in [4.69, 9.17) is 4.74 Å². The number of Topliss-reactive ketones (excluding diaryl/α,β-unsaturated/α-hetero) is 1. The van der Waals surface area contributed by atoms with Gasteiger partial charge in [0.25, 0.3) is 5.69 Å². The number of aliphatic hydroxyl groups excluding tert-OH is 1. The van der Waals surface area contributed by atoms with Crippen LogP contribution in [0.25, 0.3) is 0 Å². The highest BCUT2D eigenvalue weighted by molar-refractivity contribution is 5.80. The number of hydrogen-bond acceptors (Lipinski definition) is 5. The second-order valence-corrected chi connectivity index (χ2v) is 6.59. The Bertz CT molecular complexity index is 757. The molecule has 0 saturated heterocycles.